The van der Waals surface area contributed by atoms with Crippen molar-refractivity contribution in [2.24, 2.45) is 0 Å². The number of carbonyl (C=O) groups excluding carboxylic acids is 2. The first-order valence-electron chi connectivity index (χ1n) is 11.5. The van der Waals surface area contributed by atoms with Gasteiger partial charge in [0, 0.05) is 17.1 Å². The lowest BCUT2D eigenvalue weighted by Crippen LogP contribution is -2.52. The Hall–Kier alpha value is -2.59. The van der Waals surface area contributed by atoms with E-state index in [-0.39, 0.29) is 24.2 Å². The molecule has 0 aliphatic rings. The van der Waals surface area contributed by atoms with Crippen LogP contribution in [0.15, 0.2) is 53.0 Å². The van der Waals surface area contributed by atoms with Gasteiger partial charge in [0.15, 0.2) is 0 Å². The van der Waals surface area contributed by atoms with Gasteiger partial charge < -0.3 is 15.0 Å². The third-order valence-corrected chi connectivity index (χ3v) is 7.20. The van der Waals surface area contributed by atoms with Gasteiger partial charge in [0.25, 0.3) is 0 Å². The van der Waals surface area contributed by atoms with E-state index in [2.05, 4.69) is 21.2 Å². The second-order valence-corrected chi connectivity index (χ2v) is 11.1. The maximum Gasteiger partial charge on any atom is 0.244 e. The van der Waals surface area contributed by atoms with Crippen LogP contribution >= 0.6 is 15.9 Å². The number of hydrogen-bond donors (Lipinski definition) is 1. The van der Waals surface area contributed by atoms with Gasteiger partial charge in [-0.05, 0) is 57.0 Å². The summed E-state index contributed by atoms with van der Waals surface area (Å²) < 4.78 is 33.0. The Morgan fingerprint density at radius 3 is 2.26 bits per heavy atom. The smallest absolute Gasteiger partial charge is 0.244 e. The third-order valence-electron chi connectivity index (χ3n) is 5.55. The van der Waals surface area contributed by atoms with Gasteiger partial charge in [0.1, 0.15) is 18.3 Å². The van der Waals surface area contributed by atoms with E-state index < -0.39 is 28.5 Å². The Labute approximate surface area is 216 Å². The lowest BCUT2D eigenvalue weighted by Gasteiger charge is -2.32. The predicted octanol–water partition coefficient (Wildman–Crippen LogP) is 3.95. The molecule has 2 amide bonds. The number of benzene rings is 2. The summed E-state index contributed by atoms with van der Waals surface area (Å²) in [7, 11) is -3.84. The molecule has 192 valence electrons. The lowest BCUT2D eigenvalue weighted by molar-refractivity contribution is -0.139. The van der Waals surface area contributed by atoms with Gasteiger partial charge >= 0.3 is 0 Å². The van der Waals surface area contributed by atoms with Crippen molar-refractivity contribution in [3.63, 3.8) is 0 Å². The molecule has 0 aliphatic heterocycles. The quantitative estimate of drug-likeness (QED) is 0.419. The van der Waals surface area contributed by atoms with Gasteiger partial charge in [-0.3, -0.25) is 13.9 Å². The van der Waals surface area contributed by atoms with E-state index in [9.17, 15) is 18.0 Å². The van der Waals surface area contributed by atoms with Crippen LogP contribution in [0.3, 0.4) is 0 Å². The van der Waals surface area contributed by atoms with Gasteiger partial charge in [0.2, 0.25) is 21.8 Å². The molecule has 2 aromatic rings. The van der Waals surface area contributed by atoms with Gasteiger partial charge in [-0.1, -0.05) is 47.1 Å². The summed E-state index contributed by atoms with van der Waals surface area (Å²) in [4.78, 5) is 27.9. The van der Waals surface area contributed by atoms with Crippen LogP contribution in [0.2, 0.25) is 0 Å². The van der Waals surface area contributed by atoms with Crippen molar-refractivity contribution in [2.75, 3.05) is 23.7 Å². The van der Waals surface area contributed by atoms with Crippen molar-refractivity contribution < 1.29 is 22.7 Å². The minimum atomic E-state index is -3.84. The molecule has 0 aliphatic carbocycles. The number of para-hydroxylation sites is 2. The highest BCUT2D eigenvalue weighted by Gasteiger charge is 2.31. The van der Waals surface area contributed by atoms with Crippen molar-refractivity contribution in [1.82, 2.24) is 10.2 Å². The van der Waals surface area contributed by atoms with Crippen LogP contribution < -0.4 is 14.4 Å². The molecule has 0 saturated heterocycles. The number of nitrogens with one attached hydrogen (secondary N) is 1. The highest BCUT2D eigenvalue weighted by atomic mass is 79.9. The number of rotatable bonds is 12. The zero-order valence-corrected chi connectivity index (χ0v) is 23.2. The molecule has 0 saturated carbocycles. The average molecular weight is 569 g/mol. The van der Waals surface area contributed by atoms with E-state index in [1.54, 1.807) is 38.1 Å². The first kappa shape index (κ1) is 28.6. The summed E-state index contributed by atoms with van der Waals surface area (Å²) in [5.74, 6) is -0.447. The largest absolute Gasteiger partial charge is 0.492 e. The lowest BCUT2D eigenvalue weighted by atomic mass is 10.1. The fourth-order valence-corrected chi connectivity index (χ4v) is 4.49. The zero-order chi connectivity index (χ0) is 26.2. The summed E-state index contributed by atoms with van der Waals surface area (Å²) in [5, 5.41) is 2.91. The first-order chi connectivity index (χ1) is 16.5. The van der Waals surface area contributed by atoms with Crippen molar-refractivity contribution >= 4 is 43.5 Å². The monoisotopic (exact) mass is 567 g/mol. The molecule has 35 heavy (non-hydrogen) atoms. The maximum absolute atomic E-state index is 13.6. The number of carbonyl (C=O) groups is 2. The standard InChI is InChI=1S/C25H34BrN3O5S/c1-6-18(3)27-25(31)19(4)28(16-20-12-14-21(26)15-13-20)24(30)17-29(35(5,32)33)22-10-8-9-11-23(22)34-7-2/h8-15,18-19H,6-7,16-17H2,1-5H3,(H,27,31)/t18-,19+/m1/s1. The summed E-state index contributed by atoms with van der Waals surface area (Å²) in [6.07, 6.45) is 1.79. The number of amides is 2. The van der Waals surface area contributed by atoms with E-state index in [0.29, 0.717) is 12.4 Å². The third kappa shape index (κ3) is 8.24. The molecule has 8 nitrogen and oxygen atoms in total. The van der Waals surface area contributed by atoms with E-state index >= 15 is 0 Å². The molecule has 0 radical (unpaired) electrons. The molecule has 0 bridgehead atoms. The number of anilines is 1. The maximum atomic E-state index is 13.6. The SMILES string of the molecule is CCOc1ccccc1N(CC(=O)N(Cc1ccc(Br)cc1)[C@@H](C)C(=O)N[C@H](C)CC)S(C)(=O)=O. The number of ether oxygens (including phenoxy) is 1. The molecule has 1 N–H and O–H groups in total. The molecule has 2 rings (SSSR count). The molecule has 2 aromatic carbocycles. The van der Waals surface area contributed by atoms with Crippen LogP contribution in [0, 0.1) is 0 Å². The van der Waals surface area contributed by atoms with Gasteiger partial charge in [-0.2, -0.15) is 0 Å². The van der Waals surface area contributed by atoms with Crippen LogP contribution in [0.1, 0.15) is 39.7 Å². The number of sulfonamides is 1. The molecule has 0 aromatic heterocycles. The second-order valence-electron chi connectivity index (χ2n) is 8.31. The number of halogens is 1. The Balaban J connectivity index is 2.42. The van der Waals surface area contributed by atoms with Gasteiger partial charge in [0.05, 0.1) is 18.6 Å². The number of nitrogens with zero attached hydrogens (tertiary/aromatic N) is 2. The molecule has 0 spiro atoms. The Morgan fingerprint density at radius 1 is 1.06 bits per heavy atom. The minimum absolute atomic E-state index is 0.0554. The molecular weight excluding hydrogens is 534 g/mol. The highest BCUT2D eigenvalue weighted by molar-refractivity contribution is 9.10. The summed E-state index contributed by atoms with van der Waals surface area (Å²) in [5.41, 5.74) is 1.08. The molecule has 0 heterocycles. The topological polar surface area (TPSA) is 96.0 Å². The second kappa shape index (κ2) is 12.9. The summed E-state index contributed by atoms with van der Waals surface area (Å²) >= 11 is 3.40. The fraction of sp³-hybridized carbons (Fsp3) is 0.440. The van der Waals surface area contributed by atoms with Gasteiger partial charge in [-0.15, -0.1) is 0 Å². The number of hydrogen-bond acceptors (Lipinski definition) is 5. The van der Waals surface area contributed by atoms with Crippen molar-refractivity contribution in [3.8, 4) is 5.75 Å². The fourth-order valence-electron chi connectivity index (χ4n) is 3.37. The molecule has 10 heteroatoms. The molecular formula is C25H34BrN3O5S. The van der Waals surface area contributed by atoms with E-state index in [4.69, 9.17) is 4.74 Å². The predicted molar refractivity (Wildman–Crippen MR) is 142 cm³/mol. The highest BCUT2D eigenvalue weighted by Crippen LogP contribution is 2.30. The van der Waals surface area contributed by atoms with Crippen LogP contribution in [0.4, 0.5) is 5.69 Å². The summed E-state index contributed by atoms with van der Waals surface area (Å²) in [6, 6.07) is 13.2. The van der Waals surface area contributed by atoms with Crippen LogP contribution in [-0.4, -0.2) is 56.6 Å². The Morgan fingerprint density at radius 2 is 1.69 bits per heavy atom. The van der Waals surface area contributed by atoms with E-state index in [1.165, 1.54) is 4.90 Å². The van der Waals surface area contributed by atoms with E-state index in [1.807, 2.05) is 38.1 Å². The molecule has 2 atom stereocenters. The Kier molecular flexibility index (Phi) is 10.6. The zero-order valence-electron chi connectivity index (χ0n) is 20.8. The van der Waals surface area contributed by atoms with E-state index in [0.717, 1.165) is 27.0 Å². The van der Waals surface area contributed by atoms with Crippen molar-refractivity contribution in [1.29, 1.82) is 0 Å². The van der Waals surface area contributed by atoms with Crippen LogP contribution in [-0.2, 0) is 26.2 Å². The molecule has 0 fully saturated rings. The average Bonchev–Trinajstić information content (AvgIpc) is 2.81. The Bertz CT molecular complexity index is 1110. The van der Waals surface area contributed by atoms with Crippen molar-refractivity contribution in [2.45, 2.75) is 52.7 Å². The van der Waals surface area contributed by atoms with Gasteiger partial charge in [-0.25, -0.2) is 8.42 Å². The van der Waals surface area contributed by atoms with Crippen LogP contribution in [0.25, 0.3) is 0 Å². The molecule has 0 unspecified atom stereocenters. The van der Waals surface area contributed by atoms with Crippen LogP contribution in [0.5, 0.6) is 5.75 Å². The normalized spacial score (nSPS) is 13.0. The van der Waals surface area contributed by atoms with Crippen molar-refractivity contribution in [3.05, 3.63) is 58.6 Å². The first-order valence-corrected chi connectivity index (χ1v) is 14.2. The minimum Gasteiger partial charge on any atom is -0.492 e. The summed E-state index contributed by atoms with van der Waals surface area (Å²) in [6.45, 7) is 7.30.